The second-order valence-corrected chi connectivity index (χ2v) is 19.4. The van der Waals surface area contributed by atoms with Gasteiger partial charge in [-0.1, -0.05) is 142 Å². The molecule has 9 N–H and O–H groups in total. The first kappa shape index (κ1) is 60.5. The molecule has 19 heteroatoms. The summed E-state index contributed by atoms with van der Waals surface area (Å²) < 4.78 is 45.4. The molecule has 0 aromatic heterocycles. The van der Waals surface area contributed by atoms with Crippen molar-refractivity contribution >= 4 is 19.8 Å². The van der Waals surface area contributed by atoms with Crippen molar-refractivity contribution in [2.24, 2.45) is 0 Å². The Morgan fingerprint density at radius 1 is 0.561 bits per heavy atom. The van der Waals surface area contributed by atoms with Gasteiger partial charge in [0.15, 0.2) is 12.4 Å². The number of esters is 2. The molecule has 0 radical (unpaired) electrons. The van der Waals surface area contributed by atoms with Crippen LogP contribution >= 0.6 is 7.82 Å². The third kappa shape index (κ3) is 24.3. The molecule has 388 valence electrons. The van der Waals surface area contributed by atoms with E-state index in [2.05, 4.69) is 26.0 Å². The summed E-state index contributed by atoms with van der Waals surface area (Å²) in [6.07, 6.45) is 7.33. The molecule has 1 saturated heterocycles. The van der Waals surface area contributed by atoms with Gasteiger partial charge in [0.25, 0.3) is 0 Å². The number of aliphatic hydroxyl groups excluding tert-OH is 8. The molecule has 1 saturated carbocycles. The van der Waals surface area contributed by atoms with Crippen molar-refractivity contribution in [3.63, 3.8) is 0 Å². The molecule has 0 amide bonds. The average molecular weight is 971 g/mol. The number of phosphoric ester groups is 1. The molecule has 0 aromatic rings. The van der Waals surface area contributed by atoms with Crippen LogP contribution < -0.4 is 0 Å². The highest BCUT2D eigenvalue weighted by Gasteiger charge is 2.55. The lowest BCUT2D eigenvalue weighted by molar-refractivity contribution is -0.338. The number of allylic oxidation sites excluding steroid dienone is 2. The van der Waals surface area contributed by atoms with Crippen LogP contribution in [-0.4, -0.2) is 151 Å². The molecule has 66 heavy (non-hydrogen) atoms. The first-order valence-electron chi connectivity index (χ1n) is 25.0. The van der Waals surface area contributed by atoms with E-state index in [-0.39, 0.29) is 12.8 Å². The van der Waals surface area contributed by atoms with E-state index < -0.39 is 113 Å². The molecular formula is C47H87O18P. The summed E-state index contributed by atoms with van der Waals surface area (Å²) >= 11 is 0. The van der Waals surface area contributed by atoms with E-state index >= 15 is 0 Å². The van der Waals surface area contributed by atoms with Gasteiger partial charge in [-0.05, 0) is 38.5 Å². The zero-order valence-electron chi connectivity index (χ0n) is 39.7. The van der Waals surface area contributed by atoms with Crippen LogP contribution in [0.3, 0.4) is 0 Å². The zero-order valence-corrected chi connectivity index (χ0v) is 40.6. The minimum absolute atomic E-state index is 0.0356. The summed E-state index contributed by atoms with van der Waals surface area (Å²) in [5.74, 6) is -1.22. The lowest BCUT2D eigenvalue weighted by Crippen LogP contribution is -2.67. The standard InChI is InChI=1S/C47H87O18P/c1-3-5-7-9-11-13-15-16-17-18-20-21-23-25-27-29-36(49)60-32-34(62-37(50)30-28-26-24-22-19-14-12-10-8-6-4-2)33-61-66(58,59)65-46-43(56)41(54)40(53)42(55)45(46)64-47-44(57)39(52)38(51)35(31-48)63-47/h13,15,34-35,38-48,51-57H,3-12,14,16-33H2,1-2H3,(H,58,59). The van der Waals surface area contributed by atoms with E-state index in [1.807, 2.05) is 0 Å². The fraction of sp³-hybridized carbons (Fsp3) is 0.915. The first-order chi connectivity index (χ1) is 31.7. The smallest absolute Gasteiger partial charge is 0.462 e. The SMILES string of the molecule is CCCCCCC=CCCCCCCCCCC(=O)OCC(COP(=O)(O)OC1C(O)C(O)C(O)C(O)C1OC1OC(CO)C(O)C(O)C1O)OC(=O)CCCCCCCCCCCCC. The van der Waals surface area contributed by atoms with Crippen LogP contribution in [0.4, 0.5) is 0 Å². The minimum atomic E-state index is -5.37. The molecule has 13 unspecified atom stereocenters. The third-order valence-electron chi connectivity index (χ3n) is 12.2. The summed E-state index contributed by atoms with van der Waals surface area (Å²) in [4.78, 5) is 36.5. The highest BCUT2D eigenvalue weighted by molar-refractivity contribution is 7.47. The Labute approximate surface area is 393 Å². The monoisotopic (exact) mass is 971 g/mol. The van der Waals surface area contributed by atoms with E-state index in [4.69, 9.17) is 28.0 Å². The number of aliphatic hydroxyl groups is 8. The first-order valence-corrected chi connectivity index (χ1v) is 26.5. The van der Waals surface area contributed by atoms with Crippen molar-refractivity contribution in [3.05, 3.63) is 12.2 Å². The van der Waals surface area contributed by atoms with Gasteiger partial charge in [-0.15, -0.1) is 0 Å². The minimum Gasteiger partial charge on any atom is -0.462 e. The molecule has 2 fully saturated rings. The van der Waals surface area contributed by atoms with Crippen LogP contribution in [0.25, 0.3) is 0 Å². The number of unbranched alkanes of at least 4 members (excludes halogenated alkanes) is 21. The van der Waals surface area contributed by atoms with Gasteiger partial charge in [-0.25, -0.2) is 4.57 Å². The molecule has 18 nitrogen and oxygen atoms in total. The number of hydrogen-bond donors (Lipinski definition) is 9. The largest absolute Gasteiger partial charge is 0.472 e. The third-order valence-corrected chi connectivity index (χ3v) is 13.2. The Balaban J connectivity index is 1.95. The summed E-state index contributed by atoms with van der Waals surface area (Å²) in [6.45, 7) is 2.20. The fourth-order valence-electron chi connectivity index (χ4n) is 8.05. The maximum absolute atomic E-state index is 13.4. The number of hydrogen-bond acceptors (Lipinski definition) is 17. The molecule has 0 spiro atoms. The number of ether oxygens (including phenoxy) is 4. The van der Waals surface area contributed by atoms with Crippen molar-refractivity contribution < 1.29 is 87.9 Å². The summed E-state index contributed by atoms with van der Waals surface area (Å²) in [7, 11) is -5.37. The lowest BCUT2D eigenvalue weighted by atomic mass is 9.84. The van der Waals surface area contributed by atoms with E-state index in [0.29, 0.717) is 12.8 Å². The van der Waals surface area contributed by atoms with Gasteiger partial charge in [0.1, 0.15) is 67.6 Å². The quantitative estimate of drug-likeness (QED) is 0.0164. The topological polar surface area (TPSA) is 289 Å². The molecule has 1 aliphatic heterocycles. The van der Waals surface area contributed by atoms with Crippen molar-refractivity contribution in [1.82, 2.24) is 0 Å². The highest BCUT2D eigenvalue weighted by atomic mass is 31.2. The van der Waals surface area contributed by atoms with E-state index in [1.165, 1.54) is 64.2 Å². The summed E-state index contributed by atoms with van der Waals surface area (Å²) in [5.41, 5.74) is 0. The lowest BCUT2D eigenvalue weighted by Gasteiger charge is -2.47. The fourth-order valence-corrected chi connectivity index (χ4v) is 9.02. The molecule has 1 heterocycles. The Morgan fingerprint density at radius 3 is 1.52 bits per heavy atom. The second-order valence-electron chi connectivity index (χ2n) is 18.0. The highest BCUT2D eigenvalue weighted by Crippen LogP contribution is 2.48. The van der Waals surface area contributed by atoms with Gasteiger partial charge in [0.05, 0.1) is 13.2 Å². The van der Waals surface area contributed by atoms with Gasteiger partial charge in [0, 0.05) is 12.8 Å². The van der Waals surface area contributed by atoms with E-state index in [9.17, 15) is 59.9 Å². The number of rotatable bonds is 38. The van der Waals surface area contributed by atoms with Crippen LogP contribution in [0.1, 0.15) is 181 Å². The van der Waals surface area contributed by atoms with Crippen LogP contribution in [0.15, 0.2) is 12.2 Å². The maximum Gasteiger partial charge on any atom is 0.472 e. The predicted molar refractivity (Wildman–Crippen MR) is 245 cm³/mol. The molecule has 2 aliphatic rings. The number of carbonyl (C=O) groups excluding carboxylic acids is 2. The maximum atomic E-state index is 13.4. The molecule has 1 aliphatic carbocycles. The van der Waals surface area contributed by atoms with E-state index in [0.717, 1.165) is 77.0 Å². The van der Waals surface area contributed by atoms with Crippen molar-refractivity contribution in [3.8, 4) is 0 Å². The van der Waals surface area contributed by atoms with Gasteiger partial charge in [0.2, 0.25) is 0 Å². The molecule has 0 bridgehead atoms. The molecule has 0 aromatic carbocycles. The summed E-state index contributed by atoms with van der Waals surface area (Å²) in [6, 6.07) is 0. The summed E-state index contributed by atoms with van der Waals surface area (Å²) in [5, 5.41) is 82.8. The molecular weight excluding hydrogens is 883 g/mol. The van der Waals surface area contributed by atoms with Gasteiger partial charge < -0.3 is 64.7 Å². The predicted octanol–water partition coefficient (Wildman–Crippen LogP) is 5.32. The number of carbonyl (C=O) groups is 2. The molecule has 2 rings (SSSR count). The van der Waals surface area contributed by atoms with Crippen LogP contribution in [-0.2, 0) is 42.1 Å². The normalized spacial score (nSPS) is 28.3. The van der Waals surface area contributed by atoms with Crippen LogP contribution in [0.5, 0.6) is 0 Å². The number of phosphoric acid groups is 1. The Kier molecular flexibility index (Phi) is 32.5. The average Bonchev–Trinajstić information content (AvgIpc) is 3.29. The van der Waals surface area contributed by atoms with Crippen molar-refractivity contribution in [1.29, 1.82) is 0 Å². The second kappa shape index (κ2) is 35.5. The van der Waals surface area contributed by atoms with Crippen LogP contribution in [0, 0.1) is 0 Å². The van der Waals surface area contributed by atoms with E-state index in [1.54, 1.807) is 0 Å². The molecule has 13 atom stereocenters. The van der Waals surface area contributed by atoms with Crippen molar-refractivity contribution in [2.75, 3.05) is 19.8 Å². The Hall–Kier alpha value is -1.61. The van der Waals surface area contributed by atoms with Crippen LogP contribution in [0.2, 0.25) is 0 Å². The van der Waals surface area contributed by atoms with Gasteiger partial charge in [-0.2, -0.15) is 0 Å². The Morgan fingerprint density at radius 2 is 1.00 bits per heavy atom. The Bertz CT molecular complexity index is 1340. The van der Waals surface area contributed by atoms with Gasteiger partial charge >= 0.3 is 19.8 Å². The van der Waals surface area contributed by atoms with Crippen molar-refractivity contribution in [2.45, 2.75) is 254 Å². The van der Waals surface area contributed by atoms with Gasteiger partial charge in [-0.3, -0.25) is 18.6 Å². The zero-order chi connectivity index (χ0) is 48.7.